The number of hydrazine groups is 1. The minimum Gasteiger partial charge on any atom is -0.374 e. The molecular weight excluding hydrogens is 256 g/mol. The number of rotatable bonds is 4. The summed E-state index contributed by atoms with van der Waals surface area (Å²) in [5.74, 6) is 5.29. The fourth-order valence-corrected chi connectivity index (χ4v) is 2.26. The number of hydrogen-bond acceptors (Lipinski definition) is 5. The summed E-state index contributed by atoms with van der Waals surface area (Å²) in [7, 11) is 2.05. The predicted molar refractivity (Wildman–Crippen MR) is 78.6 cm³/mol. The quantitative estimate of drug-likeness (QED) is 0.547. The van der Waals surface area contributed by atoms with Gasteiger partial charge in [0.2, 0.25) is 0 Å². The van der Waals surface area contributed by atoms with E-state index in [1.54, 1.807) is 6.07 Å². The van der Waals surface area contributed by atoms with Crippen molar-refractivity contribution in [3.8, 4) is 0 Å². The second-order valence-corrected chi connectivity index (χ2v) is 5.16. The first-order valence-corrected chi connectivity index (χ1v) is 6.75. The lowest BCUT2D eigenvalue weighted by molar-refractivity contribution is -0.0174. The number of anilines is 1. The van der Waals surface area contributed by atoms with E-state index < -0.39 is 0 Å². The van der Waals surface area contributed by atoms with E-state index in [9.17, 15) is 4.79 Å². The van der Waals surface area contributed by atoms with Crippen LogP contribution in [-0.4, -0.2) is 50.2 Å². The third kappa shape index (κ3) is 3.69. The molecule has 0 saturated carbocycles. The number of nitrogens with one attached hydrogen (secondary N) is 2. The molecule has 1 saturated heterocycles. The van der Waals surface area contributed by atoms with Gasteiger partial charge in [-0.2, -0.15) is 0 Å². The van der Waals surface area contributed by atoms with E-state index >= 15 is 0 Å². The Morgan fingerprint density at radius 3 is 3.05 bits per heavy atom. The van der Waals surface area contributed by atoms with Crippen LogP contribution in [0.2, 0.25) is 0 Å². The van der Waals surface area contributed by atoms with E-state index in [0.717, 1.165) is 18.7 Å². The molecule has 1 aliphatic rings. The Kier molecular flexibility index (Phi) is 4.94. The topological polar surface area (TPSA) is 79.6 Å². The molecular formula is C14H22N4O2. The molecule has 0 radical (unpaired) electrons. The second-order valence-electron chi connectivity index (χ2n) is 5.16. The van der Waals surface area contributed by atoms with Crippen molar-refractivity contribution in [1.82, 2.24) is 10.2 Å². The molecule has 2 rings (SSSR count). The molecule has 0 bridgehead atoms. The van der Waals surface area contributed by atoms with Crippen LogP contribution in [0.1, 0.15) is 15.9 Å². The molecule has 0 aliphatic carbocycles. The summed E-state index contributed by atoms with van der Waals surface area (Å²) in [6, 6.07) is 5.53. The summed E-state index contributed by atoms with van der Waals surface area (Å²) in [4.78, 5) is 14.4. The zero-order valence-electron chi connectivity index (χ0n) is 12.0. The van der Waals surface area contributed by atoms with Crippen LogP contribution in [0.25, 0.3) is 0 Å². The van der Waals surface area contributed by atoms with E-state index in [2.05, 4.69) is 15.6 Å². The third-order valence-electron chi connectivity index (χ3n) is 3.41. The Bertz CT molecular complexity index is 478. The van der Waals surface area contributed by atoms with Crippen LogP contribution in [0.15, 0.2) is 18.2 Å². The fraction of sp³-hybridized carbons (Fsp3) is 0.500. The van der Waals surface area contributed by atoms with E-state index in [1.807, 2.05) is 26.1 Å². The molecule has 0 aromatic heterocycles. The number of aryl methyl sites for hydroxylation is 1. The number of carbonyl (C=O) groups is 1. The van der Waals surface area contributed by atoms with E-state index in [4.69, 9.17) is 10.6 Å². The number of amides is 1. The number of nitrogens with two attached hydrogens (primary N) is 1. The van der Waals surface area contributed by atoms with Crippen LogP contribution in [-0.2, 0) is 4.74 Å². The van der Waals surface area contributed by atoms with Gasteiger partial charge in [-0.1, -0.05) is 11.6 Å². The van der Waals surface area contributed by atoms with E-state index in [0.29, 0.717) is 24.4 Å². The van der Waals surface area contributed by atoms with Crippen molar-refractivity contribution < 1.29 is 9.53 Å². The van der Waals surface area contributed by atoms with Crippen molar-refractivity contribution in [2.75, 3.05) is 38.7 Å². The summed E-state index contributed by atoms with van der Waals surface area (Å²) < 4.78 is 5.62. The van der Waals surface area contributed by atoms with Gasteiger partial charge in [-0.25, -0.2) is 0 Å². The van der Waals surface area contributed by atoms with Gasteiger partial charge in [0.05, 0.1) is 24.0 Å². The first kappa shape index (κ1) is 14.8. The fourth-order valence-electron chi connectivity index (χ4n) is 2.26. The third-order valence-corrected chi connectivity index (χ3v) is 3.41. The number of nitrogen functional groups attached to an aromatic ring is 1. The van der Waals surface area contributed by atoms with Crippen molar-refractivity contribution in [2.24, 2.45) is 5.84 Å². The molecule has 4 N–H and O–H groups in total. The molecule has 6 nitrogen and oxygen atoms in total. The van der Waals surface area contributed by atoms with Crippen molar-refractivity contribution in [3.05, 3.63) is 29.3 Å². The monoisotopic (exact) mass is 278 g/mol. The lowest BCUT2D eigenvalue weighted by Gasteiger charge is -2.30. The zero-order chi connectivity index (χ0) is 14.5. The molecule has 1 heterocycles. The lowest BCUT2D eigenvalue weighted by Crippen LogP contribution is -2.46. The normalized spacial score (nSPS) is 19.6. The number of likely N-dealkylation sites (N-methyl/N-ethyl adjacent to an activating group) is 1. The Hall–Kier alpha value is -1.63. The molecule has 6 heteroatoms. The van der Waals surface area contributed by atoms with Crippen molar-refractivity contribution in [1.29, 1.82) is 0 Å². The molecule has 1 amide bonds. The highest BCUT2D eigenvalue weighted by molar-refractivity contribution is 5.99. The van der Waals surface area contributed by atoms with E-state index in [-0.39, 0.29) is 12.0 Å². The molecule has 1 atom stereocenters. The molecule has 0 spiro atoms. The second kappa shape index (κ2) is 6.69. The van der Waals surface area contributed by atoms with Gasteiger partial charge in [0.15, 0.2) is 0 Å². The van der Waals surface area contributed by atoms with Crippen LogP contribution in [0.3, 0.4) is 0 Å². The standard InChI is InChI=1S/C14H22N4O2/c1-10-3-4-13(17-15)12(7-10)14(19)16-8-11-9-18(2)5-6-20-11/h3-4,7,11,17H,5-6,8-9,15H2,1-2H3,(H,16,19). The largest absolute Gasteiger partial charge is 0.374 e. The average molecular weight is 278 g/mol. The minimum atomic E-state index is -0.140. The maximum absolute atomic E-state index is 12.2. The van der Waals surface area contributed by atoms with Gasteiger partial charge in [0.25, 0.3) is 5.91 Å². The maximum Gasteiger partial charge on any atom is 0.253 e. The zero-order valence-corrected chi connectivity index (χ0v) is 12.0. The van der Waals surface area contributed by atoms with Crippen molar-refractivity contribution in [2.45, 2.75) is 13.0 Å². The van der Waals surface area contributed by atoms with Gasteiger partial charge in [0, 0.05) is 19.6 Å². The van der Waals surface area contributed by atoms with Gasteiger partial charge in [-0.05, 0) is 26.1 Å². The predicted octanol–water partition coefficient (Wildman–Crippen LogP) is 0.341. The summed E-state index contributed by atoms with van der Waals surface area (Å²) in [6.07, 6.45) is 0.0387. The molecule has 1 unspecified atom stereocenters. The number of morpholine rings is 1. The molecule has 1 aliphatic heterocycles. The molecule has 110 valence electrons. The Balaban J connectivity index is 1.96. The first-order valence-electron chi connectivity index (χ1n) is 6.75. The van der Waals surface area contributed by atoms with Gasteiger partial charge in [-0.15, -0.1) is 0 Å². The van der Waals surface area contributed by atoms with Crippen molar-refractivity contribution >= 4 is 11.6 Å². The van der Waals surface area contributed by atoms with Crippen molar-refractivity contribution in [3.63, 3.8) is 0 Å². The Morgan fingerprint density at radius 1 is 1.55 bits per heavy atom. The summed E-state index contributed by atoms with van der Waals surface area (Å²) >= 11 is 0. The highest BCUT2D eigenvalue weighted by Crippen LogP contribution is 2.16. The van der Waals surface area contributed by atoms with Gasteiger partial charge in [-0.3, -0.25) is 10.6 Å². The van der Waals surface area contributed by atoms with Gasteiger partial charge < -0.3 is 20.4 Å². The SMILES string of the molecule is Cc1ccc(NN)c(C(=O)NCC2CN(C)CCO2)c1. The lowest BCUT2D eigenvalue weighted by atomic mass is 10.1. The summed E-state index contributed by atoms with van der Waals surface area (Å²) in [5.41, 5.74) is 4.74. The minimum absolute atomic E-state index is 0.0387. The van der Waals surface area contributed by atoms with Gasteiger partial charge in [0.1, 0.15) is 0 Å². The number of carbonyl (C=O) groups excluding carboxylic acids is 1. The first-order chi connectivity index (χ1) is 9.60. The average Bonchev–Trinajstić information content (AvgIpc) is 2.45. The maximum atomic E-state index is 12.2. The molecule has 1 aromatic rings. The van der Waals surface area contributed by atoms with Gasteiger partial charge >= 0.3 is 0 Å². The van der Waals surface area contributed by atoms with Crippen LogP contribution < -0.4 is 16.6 Å². The van der Waals surface area contributed by atoms with E-state index in [1.165, 1.54) is 0 Å². The summed E-state index contributed by atoms with van der Waals surface area (Å²) in [6.45, 7) is 4.91. The molecule has 1 aromatic carbocycles. The number of nitrogens with zero attached hydrogens (tertiary/aromatic N) is 1. The van der Waals surface area contributed by atoms with Crippen LogP contribution in [0, 0.1) is 6.92 Å². The highest BCUT2D eigenvalue weighted by Gasteiger charge is 2.19. The van der Waals surface area contributed by atoms with Crippen LogP contribution in [0.4, 0.5) is 5.69 Å². The summed E-state index contributed by atoms with van der Waals surface area (Å²) in [5, 5.41) is 2.90. The number of hydrogen-bond donors (Lipinski definition) is 3. The Morgan fingerprint density at radius 2 is 2.35 bits per heavy atom. The highest BCUT2D eigenvalue weighted by atomic mass is 16.5. The Labute approximate surface area is 119 Å². The molecule has 20 heavy (non-hydrogen) atoms. The number of ether oxygens (including phenoxy) is 1. The van der Waals surface area contributed by atoms with Crippen LogP contribution in [0.5, 0.6) is 0 Å². The van der Waals surface area contributed by atoms with Crippen LogP contribution >= 0.6 is 0 Å². The number of benzene rings is 1. The molecule has 1 fully saturated rings. The smallest absolute Gasteiger partial charge is 0.253 e.